The third kappa shape index (κ3) is 2.44. The zero-order chi connectivity index (χ0) is 17.4. The number of carbonyl (C=O) groups is 1. The van der Waals surface area contributed by atoms with E-state index in [4.69, 9.17) is 14.2 Å². The molecule has 1 unspecified atom stereocenters. The molecule has 0 amide bonds. The second-order valence-electron chi connectivity index (χ2n) is 5.32. The van der Waals surface area contributed by atoms with Crippen molar-refractivity contribution in [1.82, 2.24) is 0 Å². The molecule has 0 radical (unpaired) electrons. The van der Waals surface area contributed by atoms with Crippen LogP contribution in [0.2, 0.25) is 0 Å². The Bertz CT molecular complexity index is 813. The van der Waals surface area contributed by atoms with Crippen molar-refractivity contribution in [2.75, 3.05) is 14.2 Å². The van der Waals surface area contributed by atoms with Crippen LogP contribution in [0.4, 0.5) is 0 Å². The molecule has 0 saturated heterocycles. The highest BCUT2D eigenvalue weighted by Gasteiger charge is 2.33. The summed E-state index contributed by atoms with van der Waals surface area (Å²) in [6, 6.07) is 5.68. The smallest absolute Gasteiger partial charge is 0.204 e. The predicted octanol–water partition coefficient (Wildman–Crippen LogP) is 2.53. The monoisotopic (exact) mass is 332 g/mol. The molecule has 7 heteroatoms. The number of hydrogen-bond acceptors (Lipinski definition) is 7. The van der Waals surface area contributed by atoms with Crippen LogP contribution in [0, 0.1) is 0 Å². The number of fused-ring (bicyclic) bond motifs is 1. The average Bonchev–Trinajstić information content (AvgIpc) is 2.56. The third-order valence-electron chi connectivity index (χ3n) is 3.90. The van der Waals surface area contributed by atoms with E-state index in [0.717, 1.165) is 0 Å². The highest BCUT2D eigenvalue weighted by atomic mass is 16.5. The maximum Gasteiger partial charge on any atom is 0.204 e. The molecule has 1 aliphatic heterocycles. The molecule has 1 aliphatic rings. The van der Waals surface area contributed by atoms with Gasteiger partial charge in [0.25, 0.3) is 0 Å². The quantitative estimate of drug-likeness (QED) is 0.742. The van der Waals surface area contributed by atoms with E-state index in [9.17, 15) is 20.1 Å². The zero-order valence-electron chi connectivity index (χ0n) is 13.1. The number of phenolic OH excluding ortho intramolecular Hbond substituents is 3. The van der Waals surface area contributed by atoms with Crippen LogP contribution in [0.3, 0.4) is 0 Å². The van der Waals surface area contributed by atoms with Crippen molar-refractivity contribution in [2.45, 2.75) is 12.5 Å². The summed E-state index contributed by atoms with van der Waals surface area (Å²) >= 11 is 0. The van der Waals surface area contributed by atoms with Gasteiger partial charge in [-0.3, -0.25) is 4.79 Å². The number of methoxy groups -OCH3 is 2. The van der Waals surface area contributed by atoms with E-state index in [1.54, 1.807) is 6.07 Å². The Labute approximate surface area is 137 Å². The van der Waals surface area contributed by atoms with Crippen LogP contribution in [-0.4, -0.2) is 35.3 Å². The van der Waals surface area contributed by atoms with Gasteiger partial charge in [0.05, 0.1) is 20.6 Å². The lowest BCUT2D eigenvalue weighted by molar-refractivity contribution is 0.0842. The fourth-order valence-corrected chi connectivity index (χ4v) is 2.71. The van der Waals surface area contributed by atoms with Gasteiger partial charge in [-0.15, -0.1) is 0 Å². The molecule has 3 rings (SSSR count). The fraction of sp³-hybridized carbons (Fsp3) is 0.235. The molecule has 0 fully saturated rings. The van der Waals surface area contributed by atoms with Crippen LogP contribution in [0.25, 0.3) is 0 Å². The van der Waals surface area contributed by atoms with Gasteiger partial charge in [-0.05, 0) is 17.7 Å². The summed E-state index contributed by atoms with van der Waals surface area (Å²) in [5, 5.41) is 29.3. The van der Waals surface area contributed by atoms with Gasteiger partial charge in [0.2, 0.25) is 5.75 Å². The van der Waals surface area contributed by atoms with E-state index in [1.165, 1.54) is 32.4 Å². The zero-order valence-corrected chi connectivity index (χ0v) is 13.1. The Morgan fingerprint density at radius 2 is 1.83 bits per heavy atom. The normalized spacial score (nSPS) is 16.2. The maximum atomic E-state index is 12.5. The van der Waals surface area contributed by atoms with Gasteiger partial charge < -0.3 is 29.5 Å². The van der Waals surface area contributed by atoms with Crippen LogP contribution in [0.15, 0.2) is 24.3 Å². The molecule has 0 spiro atoms. The van der Waals surface area contributed by atoms with Gasteiger partial charge in [-0.1, -0.05) is 6.07 Å². The number of benzene rings is 2. The molecule has 0 aliphatic carbocycles. The largest absolute Gasteiger partial charge is 0.504 e. The van der Waals surface area contributed by atoms with Gasteiger partial charge in [0.15, 0.2) is 28.8 Å². The van der Waals surface area contributed by atoms with Gasteiger partial charge in [0.1, 0.15) is 17.4 Å². The summed E-state index contributed by atoms with van der Waals surface area (Å²) in [4.78, 5) is 12.5. The Hall–Kier alpha value is -3.09. The lowest BCUT2D eigenvalue weighted by Gasteiger charge is -2.27. The number of hydrogen-bond donors (Lipinski definition) is 3. The minimum absolute atomic E-state index is 0.0275. The van der Waals surface area contributed by atoms with E-state index in [0.29, 0.717) is 5.56 Å². The second kappa shape index (κ2) is 5.84. The van der Waals surface area contributed by atoms with E-state index < -0.39 is 6.10 Å². The van der Waals surface area contributed by atoms with Crippen molar-refractivity contribution < 1.29 is 34.3 Å². The van der Waals surface area contributed by atoms with Gasteiger partial charge in [-0.25, -0.2) is 0 Å². The molecule has 0 saturated carbocycles. The Kier molecular flexibility index (Phi) is 3.84. The number of phenols is 3. The molecule has 2 aromatic carbocycles. The first kappa shape index (κ1) is 15.8. The van der Waals surface area contributed by atoms with Gasteiger partial charge in [0, 0.05) is 6.07 Å². The minimum Gasteiger partial charge on any atom is -0.504 e. The molecular formula is C17H16O7. The van der Waals surface area contributed by atoms with E-state index in [2.05, 4.69) is 0 Å². The summed E-state index contributed by atoms with van der Waals surface area (Å²) in [5.74, 6) is -0.755. The number of carbonyl (C=O) groups excluding carboxylic acids is 1. The van der Waals surface area contributed by atoms with Crippen LogP contribution in [0.1, 0.15) is 28.4 Å². The molecule has 2 aromatic rings. The predicted molar refractivity (Wildman–Crippen MR) is 83.3 cm³/mol. The van der Waals surface area contributed by atoms with Crippen molar-refractivity contribution in [3.8, 4) is 34.5 Å². The summed E-state index contributed by atoms with van der Waals surface area (Å²) in [6.07, 6.45) is -0.686. The number of aromatic hydroxyl groups is 3. The van der Waals surface area contributed by atoms with Crippen molar-refractivity contribution in [3.63, 3.8) is 0 Å². The summed E-state index contributed by atoms with van der Waals surface area (Å²) < 4.78 is 16.0. The first-order valence-electron chi connectivity index (χ1n) is 7.16. The third-order valence-corrected chi connectivity index (χ3v) is 3.90. The minimum atomic E-state index is -0.658. The number of Topliss-reactive ketones (excluding diaryl/α,β-unsaturated/α-hetero) is 1. The Balaban J connectivity index is 2.05. The van der Waals surface area contributed by atoms with E-state index in [1.807, 2.05) is 0 Å². The standard InChI is InChI=1S/C17H16O7/c1-22-14-7-13-15(16(21)17(14)23-2)11(20)6-12(24-13)8-3-4-9(18)10(19)5-8/h3-5,7,12,18-19,21H,6H2,1-2H3. The number of ketones is 1. The first-order valence-corrected chi connectivity index (χ1v) is 7.16. The molecular weight excluding hydrogens is 316 g/mol. The molecule has 7 nitrogen and oxygen atoms in total. The summed E-state index contributed by atoms with van der Waals surface area (Å²) in [5.41, 5.74) is 0.561. The van der Waals surface area contributed by atoms with Crippen LogP contribution in [-0.2, 0) is 0 Å². The number of rotatable bonds is 3. The Morgan fingerprint density at radius 3 is 2.46 bits per heavy atom. The molecule has 1 heterocycles. The maximum absolute atomic E-state index is 12.5. The van der Waals surface area contributed by atoms with Crippen molar-refractivity contribution in [1.29, 1.82) is 0 Å². The summed E-state index contributed by atoms with van der Waals surface area (Å²) in [7, 11) is 2.77. The molecule has 1 atom stereocenters. The number of ether oxygens (including phenoxy) is 3. The topological polar surface area (TPSA) is 105 Å². The van der Waals surface area contributed by atoms with Crippen molar-refractivity contribution in [3.05, 3.63) is 35.4 Å². The van der Waals surface area contributed by atoms with Crippen LogP contribution in [0.5, 0.6) is 34.5 Å². The highest BCUT2D eigenvalue weighted by Crippen LogP contribution is 2.48. The average molecular weight is 332 g/mol. The van der Waals surface area contributed by atoms with Gasteiger partial charge in [-0.2, -0.15) is 0 Å². The summed E-state index contributed by atoms with van der Waals surface area (Å²) in [6.45, 7) is 0. The lowest BCUT2D eigenvalue weighted by Crippen LogP contribution is -2.20. The molecule has 0 aromatic heterocycles. The van der Waals surface area contributed by atoms with Crippen molar-refractivity contribution in [2.24, 2.45) is 0 Å². The second-order valence-corrected chi connectivity index (χ2v) is 5.32. The SMILES string of the molecule is COc1cc2c(c(O)c1OC)C(=O)CC(c1ccc(O)c(O)c1)O2. The molecule has 0 bridgehead atoms. The first-order chi connectivity index (χ1) is 11.5. The van der Waals surface area contributed by atoms with Crippen molar-refractivity contribution >= 4 is 5.78 Å². The lowest BCUT2D eigenvalue weighted by atomic mass is 9.95. The highest BCUT2D eigenvalue weighted by molar-refractivity contribution is 6.03. The van der Waals surface area contributed by atoms with Crippen LogP contribution < -0.4 is 14.2 Å². The van der Waals surface area contributed by atoms with Crippen LogP contribution >= 0.6 is 0 Å². The Morgan fingerprint density at radius 1 is 1.08 bits per heavy atom. The molecule has 3 N–H and O–H groups in total. The van der Waals surface area contributed by atoms with E-state index in [-0.39, 0.29) is 52.3 Å². The molecule has 24 heavy (non-hydrogen) atoms. The van der Waals surface area contributed by atoms with Gasteiger partial charge >= 0.3 is 0 Å². The van der Waals surface area contributed by atoms with E-state index >= 15 is 0 Å². The fourth-order valence-electron chi connectivity index (χ4n) is 2.71. The molecule has 126 valence electrons.